The molecule has 3 rings (SSSR count). The average molecular weight is 253 g/mol. The Morgan fingerprint density at radius 2 is 2.06 bits per heavy atom. The lowest BCUT2D eigenvalue weighted by molar-refractivity contribution is -0.125. The molecule has 3 aliphatic rings. The van der Waals surface area contributed by atoms with Gasteiger partial charge in [-0.2, -0.15) is 0 Å². The van der Waals surface area contributed by atoms with Gasteiger partial charge in [0, 0.05) is 18.8 Å². The zero-order valence-electron chi connectivity index (χ0n) is 10.3. The van der Waals surface area contributed by atoms with Crippen LogP contribution in [0.25, 0.3) is 0 Å². The van der Waals surface area contributed by atoms with Gasteiger partial charge in [0.05, 0.1) is 6.61 Å². The molecule has 2 heterocycles. The smallest absolute Gasteiger partial charge is 0.263 e. The molecular formula is C13H19NO2S. The quantitative estimate of drug-likeness (QED) is 0.718. The summed E-state index contributed by atoms with van der Waals surface area (Å²) in [4.78, 5) is 15.3. The van der Waals surface area contributed by atoms with E-state index in [-0.39, 0.29) is 5.91 Å². The van der Waals surface area contributed by atoms with Gasteiger partial charge in [0.15, 0.2) is 0 Å². The molecule has 0 radical (unpaired) electrons. The van der Waals surface area contributed by atoms with Crippen LogP contribution in [-0.4, -0.2) is 36.3 Å². The van der Waals surface area contributed by atoms with Crippen molar-refractivity contribution in [1.82, 2.24) is 4.90 Å². The summed E-state index contributed by atoms with van der Waals surface area (Å²) in [6, 6.07) is 0. The van der Waals surface area contributed by atoms with Crippen LogP contribution in [0.4, 0.5) is 0 Å². The Bertz CT molecular complexity index is 354. The summed E-state index contributed by atoms with van der Waals surface area (Å²) < 4.78 is 5.48. The lowest BCUT2D eigenvalue weighted by Crippen LogP contribution is -2.31. The van der Waals surface area contributed by atoms with Gasteiger partial charge in [-0.25, -0.2) is 0 Å². The fourth-order valence-corrected chi connectivity index (χ4v) is 4.15. The van der Waals surface area contributed by atoms with Crippen molar-refractivity contribution in [3.8, 4) is 0 Å². The normalized spacial score (nSPS) is 32.6. The molecular weight excluding hydrogens is 234 g/mol. The first-order chi connectivity index (χ1) is 8.25. The molecule has 4 heteroatoms. The molecule has 1 amide bonds. The minimum absolute atomic E-state index is 0.210. The topological polar surface area (TPSA) is 29.5 Å². The van der Waals surface area contributed by atoms with E-state index >= 15 is 0 Å². The molecule has 0 N–H and O–H groups in total. The number of carbonyl (C=O) groups is 1. The second-order valence-corrected chi connectivity index (χ2v) is 6.35. The fraction of sp³-hybridized carbons (Fsp3) is 0.769. The SMILES string of the molecule is CC1=C(C(=O)N2C[C@H]3CCC[C@H]3C2)SCCO1. The molecule has 0 aromatic carbocycles. The number of fused-ring (bicyclic) bond motifs is 1. The van der Waals surface area contributed by atoms with Crippen molar-refractivity contribution in [2.75, 3.05) is 25.4 Å². The van der Waals surface area contributed by atoms with Gasteiger partial charge >= 0.3 is 0 Å². The third-order valence-electron chi connectivity index (χ3n) is 4.18. The zero-order chi connectivity index (χ0) is 11.8. The minimum atomic E-state index is 0.210. The molecule has 3 nitrogen and oxygen atoms in total. The molecule has 1 saturated carbocycles. The summed E-state index contributed by atoms with van der Waals surface area (Å²) in [7, 11) is 0. The number of rotatable bonds is 1. The van der Waals surface area contributed by atoms with Gasteiger partial charge in [0.1, 0.15) is 10.7 Å². The standard InChI is InChI=1S/C13H19NO2S/c1-9-12(17-6-5-16-9)13(15)14-7-10-3-2-4-11(10)8-14/h10-11H,2-8H2,1H3/t10-,11+. The Morgan fingerprint density at radius 1 is 1.35 bits per heavy atom. The van der Waals surface area contributed by atoms with Crippen molar-refractivity contribution in [1.29, 1.82) is 0 Å². The van der Waals surface area contributed by atoms with Crippen molar-refractivity contribution in [2.45, 2.75) is 26.2 Å². The summed E-state index contributed by atoms with van der Waals surface area (Å²) in [6.45, 7) is 4.59. The predicted molar refractivity (Wildman–Crippen MR) is 68.5 cm³/mol. The Hall–Kier alpha value is -0.640. The largest absolute Gasteiger partial charge is 0.496 e. The Balaban J connectivity index is 1.71. The molecule has 0 aromatic rings. The lowest BCUT2D eigenvalue weighted by atomic mass is 10.0. The number of thioether (sulfide) groups is 1. The molecule has 1 saturated heterocycles. The van der Waals surface area contributed by atoms with Gasteiger partial charge in [-0.3, -0.25) is 4.79 Å². The van der Waals surface area contributed by atoms with Crippen LogP contribution in [0.5, 0.6) is 0 Å². The molecule has 2 atom stereocenters. The van der Waals surface area contributed by atoms with Crippen LogP contribution in [0.15, 0.2) is 10.7 Å². The van der Waals surface area contributed by atoms with Gasteiger partial charge in [-0.05, 0) is 31.6 Å². The van der Waals surface area contributed by atoms with Crippen molar-refractivity contribution in [3.05, 3.63) is 10.7 Å². The second kappa shape index (κ2) is 4.56. The van der Waals surface area contributed by atoms with Crippen molar-refractivity contribution in [2.24, 2.45) is 11.8 Å². The van der Waals surface area contributed by atoms with E-state index < -0.39 is 0 Å². The second-order valence-electron chi connectivity index (χ2n) is 5.24. The molecule has 1 aliphatic carbocycles. The fourth-order valence-electron chi connectivity index (χ4n) is 3.26. The van der Waals surface area contributed by atoms with Crippen molar-refractivity contribution < 1.29 is 9.53 Å². The third kappa shape index (κ3) is 2.07. The maximum atomic E-state index is 12.4. The number of ether oxygens (including phenoxy) is 1. The number of hydrogen-bond acceptors (Lipinski definition) is 3. The van der Waals surface area contributed by atoms with Gasteiger partial charge in [0.25, 0.3) is 5.91 Å². The number of nitrogens with zero attached hydrogens (tertiary/aromatic N) is 1. The molecule has 2 fully saturated rings. The third-order valence-corrected chi connectivity index (χ3v) is 5.30. The Kier molecular flexibility index (Phi) is 3.07. The predicted octanol–water partition coefficient (Wildman–Crippen LogP) is 2.24. The minimum Gasteiger partial charge on any atom is -0.496 e. The first kappa shape index (κ1) is 11.5. The van der Waals surface area contributed by atoms with Crippen LogP contribution >= 0.6 is 11.8 Å². The molecule has 0 spiro atoms. The van der Waals surface area contributed by atoms with E-state index in [9.17, 15) is 4.79 Å². The zero-order valence-corrected chi connectivity index (χ0v) is 11.1. The van der Waals surface area contributed by atoms with Crippen LogP contribution in [0, 0.1) is 11.8 Å². The van der Waals surface area contributed by atoms with Gasteiger partial charge in [0.2, 0.25) is 0 Å². The van der Waals surface area contributed by atoms with Crippen LogP contribution in [-0.2, 0) is 9.53 Å². The van der Waals surface area contributed by atoms with Gasteiger partial charge in [-0.15, -0.1) is 11.8 Å². The number of amides is 1. The average Bonchev–Trinajstić information content (AvgIpc) is 2.88. The first-order valence-corrected chi connectivity index (χ1v) is 7.50. The molecule has 2 aliphatic heterocycles. The highest BCUT2D eigenvalue weighted by atomic mass is 32.2. The first-order valence-electron chi connectivity index (χ1n) is 6.51. The van der Waals surface area contributed by atoms with Crippen LogP contribution in [0.3, 0.4) is 0 Å². The summed E-state index contributed by atoms with van der Waals surface area (Å²) in [5, 5.41) is 0. The van der Waals surface area contributed by atoms with Crippen molar-refractivity contribution >= 4 is 17.7 Å². The van der Waals surface area contributed by atoms with Crippen LogP contribution in [0.1, 0.15) is 26.2 Å². The Labute approximate surface area is 107 Å². The molecule has 17 heavy (non-hydrogen) atoms. The highest BCUT2D eigenvalue weighted by Crippen LogP contribution is 2.39. The van der Waals surface area contributed by atoms with Crippen molar-refractivity contribution in [3.63, 3.8) is 0 Å². The summed E-state index contributed by atoms with van der Waals surface area (Å²) in [5.41, 5.74) is 0. The number of allylic oxidation sites excluding steroid dienone is 1. The number of likely N-dealkylation sites (tertiary alicyclic amines) is 1. The number of carbonyl (C=O) groups excluding carboxylic acids is 1. The van der Waals surface area contributed by atoms with E-state index in [0.29, 0.717) is 0 Å². The highest BCUT2D eigenvalue weighted by Gasteiger charge is 2.39. The van der Waals surface area contributed by atoms with Gasteiger partial charge < -0.3 is 9.64 Å². The molecule has 94 valence electrons. The summed E-state index contributed by atoms with van der Waals surface area (Å²) in [6.07, 6.45) is 3.99. The van der Waals surface area contributed by atoms with E-state index in [2.05, 4.69) is 4.90 Å². The molecule has 0 aromatic heterocycles. The highest BCUT2D eigenvalue weighted by molar-refractivity contribution is 8.04. The summed E-state index contributed by atoms with van der Waals surface area (Å²) in [5.74, 6) is 3.48. The monoisotopic (exact) mass is 253 g/mol. The lowest BCUT2D eigenvalue weighted by Gasteiger charge is -2.23. The Morgan fingerprint density at radius 3 is 2.71 bits per heavy atom. The molecule has 0 unspecified atom stereocenters. The maximum Gasteiger partial charge on any atom is 0.263 e. The van der Waals surface area contributed by atoms with Crippen LogP contribution in [0.2, 0.25) is 0 Å². The van der Waals surface area contributed by atoms with E-state index in [1.54, 1.807) is 11.8 Å². The molecule has 0 bridgehead atoms. The van der Waals surface area contributed by atoms with E-state index in [1.165, 1.54) is 19.3 Å². The number of hydrogen-bond donors (Lipinski definition) is 0. The van der Waals surface area contributed by atoms with Gasteiger partial charge in [-0.1, -0.05) is 6.42 Å². The van der Waals surface area contributed by atoms with E-state index in [0.717, 1.165) is 47.9 Å². The van der Waals surface area contributed by atoms with E-state index in [4.69, 9.17) is 4.74 Å². The van der Waals surface area contributed by atoms with Crippen LogP contribution < -0.4 is 0 Å². The maximum absolute atomic E-state index is 12.4. The van der Waals surface area contributed by atoms with E-state index in [1.807, 2.05) is 6.92 Å². The summed E-state index contributed by atoms with van der Waals surface area (Å²) >= 11 is 1.66.